The molecule has 0 unspecified atom stereocenters. The molecule has 2 rings (SSSR count). The zero-order valence-electron chi connectivity index (χ0n) is 8.03. The second-order valence-electron chi connectivity index (χ2n) is 3.68. The van der Waals surface area contributed by atoms with Gasteiger partial charge in [-0.1, -0.05) is 13.8 Å². The zero-order chi connectivity index (χ0) is 9.59. The van der Waals surface area contributed by atoms with Crippen LogP contribution in [-0.2, 0) is 0 Å². The third-order valence-electron chi connectivity index (χ3n) is 2.25. The van der Waals surface area contributed by atoms with Crippen LogP contribution in [0.2, 0.25) is 0 Å². The van der Waals surface area contributed by atoms with Crippen LogP contribution in [0.5, 0.6) is 0 Å². The van der Waals surface area contributed by atoms with Crippen LogP contribution in [0.4, 0.5) is 0 Å². The average Bonchev–Trinajstić information content (AvgIpc) is 2.55. The maximum atomic E-state index is 11.5. The Morgan fingerprint density at radius 1 is 1.46 bits per heavy atom. The largest absolute Gasteiger partial charge is 0.269 e. The molecule has 0 amide bonds. The van der Waals surface area contributed by atoms with Crippen molar-refractivity contribution >= 4 is 12.0 Å². The number of nitrogens with zero attached hydrogens (tertiary/aromatic N) is 2. The van der Waals surface area contributed by atoms with Crippen LogP contribution >= 0.6 is 0 Å². The van der Waals surface area contributed by atoms with Gasteiger partial charge in [0.15, 0.2) is 0 Å². The van der Waals surface area contributed by atoms with E-state index >= 15 is 0 Å². The summed E-state index contributed by atoms with van der Waals surface area (Å²) in [4.78, 5) is 15.8. The highest BCUT2D eigenvalue weighted by Crippen LogP contribution is 2.21. The van der Waals surface area contributed by atoms with Crippen molar-refractivity contribution in [1.82, 2.24) is 9.55 Å². The van der Waals surface area contributed by atoms with E-state index in [0.29, 0.717) is 5.92 Å². The van der Waals surface area contributed by atoms with Crippen LogP contribution in [0.25, 0.3) is 6.08 Å². The van der Waals surface area contributed by atoms with E-state index in [4.69, 9.17) is 0 Å². The molecule has 0 fully saturated rings. The Kier molecular flexibility index (Phi) is 1.62. The summed E-state index contributed by atoms with van der Waals surface area (Å²) in [7, 11) is 0. The fourth-order valence-electron chi connectivity index (χ4n) is 1.40. The summed E-state index contributed by atoms with van der Waals surface area (Å²) < 4.78 is 1.62. The van der Waals surface area contributed by atoms with Crippen molar-refractivity contribution in [2.24, 2.45) is 0 Å². The van der Waals surface area contributed by atoms with E-state index < -0.39 is 0 Å². The Morgan fingerprint density at radius 3 is 2.69 bits per heavy atom. The summed E-state index contributed by atoms with van der Waals surface area (Å²) in [5.41, 5.74) is 1.74. The van der Waals surface area contributed by atoms with Crippen molar-refractivity contribution in [3.05, 3.63) is 23.3 Å². The highest BCUT2D eigenvalue weighted by molar-refractivity contribution is 6.03. The minimum absolute atomic E-state index is 0.0504. The standard InChI is InChI=1S/C10H12N2O/c1-6(2)8-5-12-9(11-8)4-7(3)10(12)13/h4-6H,1-3H3. The normalized spacial score (nSPS) is 15.1. The van der Waals surface area contributed by atoms with Gasteiger partial charge in [0.05, 0.1) is 5.69 Å². The smallest absolute Gasteiger partial charge is 0.259 e. The molecule has 1 aromatic rings. The summed E-state index contributed by atoms with van der Waals surface area (Å²) in [6, 6.07) is 0. The number of carbonyl (C=O) groups is 1. The van der Waals surface area contributed by atoms with Crippen LogP contribution in [0.15, 0.2) is 11.8 Å². The highest BCUT2D eigenvalue weighted by Gasteiger charge is 2.21. The molecular weight excluding hydrogens is 164 g/mol. The maximum absolute atomic E-state index is 11.5. The van der Waals surface area contributed by atoms with Crippen LogP contribution in [0.3, 0.4) is 0 Å². The van der Waals surface area contributed by atoms with Gasteiger partial charge in [0.1, 0.15) is 5.82 Å². The van der Waals surface area contributed by atoms with Gasteiger partial charge in [-0.3, -0.25) is 9.36 Å². The van der Waals surface area contributed by atoms with E-state index in [-0.39, 0.29) is 5.91 Å². The van der Waals surface area contributed by atoms with E-state index in [1.165, 1.54) is 0 Å². The van der Waals surface area contributed by atoms with Crippen molar-refractivity contribution in [3.8, 4) is 0 Å². The maximum Gasteiger partial charge on any atom is 0.259 e. The Bertz CT molecular complexity index is 399. The van der Waals surface area contributed by atoms with Crippen LogP contribution in [0, 0.1) is 0 Å². The average molecular weight is 176 g/mol. The number of imidazole rings is 1. The second-order valence-corrected chi connectivity index (χ2v) is 3.68. The Hall–Kier alpha value is -1.38. The van der Waals surface area contributed by atoms with E-state index in [2.05, 4.69) is 18.8 Å². The molecular formula is C10H12N2O. The third kappa shape index (κ3) is 1.11. The Labute approximate surface area is 77.1 Å². The Balaban J connectivity index is 2.50. The van der Waals surface area contributed by atoms with Crippen LogP contribution < -0.4 is 0 Å². The quantitative estimate of drug-likeness (QED) is 0.656. The molecule has 13 heavy (non-hydrogen) atoms. The molecule has 0 aliphatic carbocycles. The number of hydrogen-bond donors (Lipinski definition) is 0. The topological polar surface area (TPSA) is 34.9 Å². The van der Waals surface area contributed by atoms with Gasteiger partial charge in [-0.25, -0.2) is 4.98 Å². The fraction of sp³-hybridized carbons (Fsp3) is 0.400. The van der Waals surface area contributed by atoms with Gasteiger partial charge in [-0.05, 0) is 18.9 Å². The predicted octanol–water partition coefficient (Wildman–Crippen LogP) is 2.06. The molecule has 3 nitrogen and oxygen atoms in total. The molecule has 68 valence electrons. The molecule has 1 aliphatic heterocycles. The first kappa shape index (κ1) is 8.23. The first-order chi connectivity index (χ1) is 6.09. The molecule has 3 heteroatoms. The van der Waals surface area contributed by atoms with Gasteiger partial charge < -0.3 is 0 Å². The van der Waals surface area contributed by atoms with Crippen molar-refractivity contribution < 1.29 is 4.79 Å². The number of aromatic nitrogens is 2. The van der Waals surface area contributed by atoms with Gasteiger partial charge in [0.25, 0.3) is 5.91 Å². The molecule has 0 atom stereocenters. The van der Waals surface area contributed by atoms with Crippen molar-refractivity contribution in [3.63, 3.8) is 0 Å². The Morgan fingerprint density at radius 2 is 2.15 bits per heavy atom. The number of carbonyl (C=O) groups excluding carboxylic acids is 1. The summed E-state index contributed by atoms with van der Waals surface area (Å²) in [5.74, 6) is 1.19. The number of rotatable bonds is 1. The lowest BCUT2D eigenvalue weighted by molar-refractivity contribution is 0.0961. The molecule has 1 aromatic heterocycles. The van der Waals surface area contributed by atoms with E-state index in [0.717, 1.165) is 17.1 Å². The summed E-state index contributed by atoms with van der Waals surface area (Å²) in [6.45, 7) is 5.95. The summed E-state index contributed by atoms with van der Waals surface area (Å²) in [5, 5.41) is 0. The van der Waals surface area contributed by atoms with Gasteiger partial charge in [-0.2, -0.15) is 0 Å². The van der Waals surface area contributed by atoms with Gasteiger partial charge in [0.2, 0.25) is 0 Å². The van der Waals surface area contributed by atoms with Crippen LogP contribution in [-0.4, -0.2) is 15.5 Å². The molecule has 0 bridgehead atoms. The fourth-order valence-corrected chi connectivity index (χ4v) is 1.40. The zero-order valence-corrected chi connectivity index (χ0v) is 8.03. The first-order valence-electron chi connectivity index (χ1n) is 4.42. The minimum Gasteiger partial charge on any atom is -0.269 e. The lowest BCUT2D eigenvalue weighted by Gasteiger charge is -1.97. The van der Waals surface area contributed by atoms with E-state index in [1.807, 2.05) is 19.2 Å². The third-order valence-corrected chi connectivity index (χ3v) is 2.25. The summed E-state index contributed by atoms with van der Waals surface area (Å²) >= 11 is 0. The first-order valence-corrected chi connectivity index (χ1v) is 4.42. The predicted molar refractivity (Wildman–Crippen MR) is 50.6 cm³/mol. The van der Waals surface area contributed by atoms with E-state index in [1.54, 1.807) is 4.57 Å². The number of allylic oxidation sites excluding steroid dienone is 1. The highest BCUT2D eigenvalue weighted by atomic mass is 16.2. The molecule has 0 radical (unpaired) electrons. The minimum atomic E-state index is 0.0504. The molecule has 0 aromatic carbocycles. The molecule has 0 spiro atoms. The molecule has 0 saturated carbocycles. The number of hydrogen-bond acceptors (Lipinski definition) is 2. The lowest BCUT2D eigenvalue weighted by atomic mass is 10.1. The van der Waals surface area contributed by atoms with E-state index in [9.17, 15) is 4.79 Å². The van der Waals surface area contributed by atoms with Crippen molar-refractivity contribution in [2.75, 3.05) is 0 Å². The molecule has 1 aliphatic rings. The number of fused-ring (bicyclic) bond motifs is 1. The van der Waals surface area contributed by atoms with Crippen molar-refractivity contribution in [1.29, 1.82) is 0 Å². The van der Waals surface area contributed by atoms with Gasteiger partial charge in [-0.15, -0.1) is 0 Å². The van der Waals surface area contributed by atoms with Crippen LogP contribution in [0.1, 0.15) is 43.0 Å². The SMILES string of the molecule is CC1=Cc2nc(C(C)C)cn2C1=O. The monoisotopic (exact) mass is 176 g/mol. The molecule has 0 saturated heterocycles. The van der Waals surface area contributed by atoms with Gasteiger partial charge >= 0.3 is 0 Å². The summed E-state index contributed by atoms with van der Waals surface area (Å²) in [6.07, 6.45) is 3.66. The molecule has 2 heterocycles. The van der Waals surface area contributed by atoms with Gasteiger partial charge in [0, 0.05) is 11.8 Å². The van der Waals surface area contributed by atoms with Crippen molar-refractivity contribution in [2.45, 2.75) is 26.7 Å². The lowest BCUT2D eigenvalue weighted by Crippen LogP contribution is -2.05. The second kappa shape index (κ2) is 2.55. The molecule has 0 N–H and O–H groups in total.